The molecule has 2 fully saturated rings. The zero-order valence-corrected chi connectivity index (χ0v) is 12.8. The van der Waals surface area contributed by atoms with E-state index >= 15 is 0 Å². The van der Waals surface area contributed by atoms with Crippen molar-refractivity contribution in [3.05, 3.63) is 35.9 Å². The molecule has 1 heterocycles. The molecule has 112 valence electrons. The van der Waals surface area contributed by atoms with E-state index in [9.17, 15) is 9.59 Å². The highest BCUT2D eigenvalue weighted by molar-refractivity contribution is 6.02. The minimum absolute atomic E-state index is 0.000327. The quantitative estimate of drug-likeness (QED) is 0.924. The third-order valence-electron chi connectivity index (χ3n) is 4.66. The second-order valence-electron chi connectivity index (χ2n) is 6.88. The zero-order chi connectivity index (χ0) is 15.3. The predicted molar refractivity (Wildman–Crippen MR) is 80.5 cm³/mol. The molecule has 0 spiro atoms. The Hall–Kier alpha value is -1.84. The van der Waals surface area contributed by atoms with Crippen LogP contribution in [-0.2, 0) is 15.1 Å². The van der Waals surface area contributed by atoms with Gasteiger partial charge in [-0.15, -0.1) is 0 Å². The maximum atomic E-state index is 12.9. The average molecular weight is 286 g/mol. The number of carbonyl (C=O) groups is 2. The lowest BCUT2D eigenvalue weighted by molar-refractivity contribution is -0.161. The summed E-state index contributed by atoms with van der Waals surface area (Å²) >= 11 is 0. The van der Waals surface area contributed by atoms with Crippen LogP contribution in [0, 0.1) is 5.92 Å². The molecule has 4 heteroatoms. The first-order valence-electron chi connectivity index (χ1n) is 7.56. The molecule has 0 radical (unpaired) electrons. The lowest BCUT2D eigenvalue weighted by atomic mass is 9.82. The van der Waals surface area contributed by atoms with E-state index in [1.165, 1.54) is 0 Å². The molecule has 1 aromatic rings. The minimum Gasteiger partial charge on any atom is -0.340 e. The first-order chi connectivity index (χ1) is 9.85. The van der Waals surface area contributed by atoms with E-state index in [1.54, 1.807) is 18.7 Å². The maximum Gasteiger partial charge on any atom is 0.251 e. The Bertz CT molecular complexity index is 578. The van der Waals surface area contributed by atoms with Crippen LogP contribution in [0.5, 0.6) is 0 Å². The number of carbonyl (C=O) groups excluding carboxylic acids is 2. The summed E-state index contributed by atoms with van der Waals surface area (Å²) in [5, 5.41) is 2.89. The molecule has 3 rings (SSSR count). The van der Waals surface area contributed by atoms with Gasteiger partial charge in [-0.2, -0.15) is 0 Å². The lowest BCUT2D eigenvalue weighted by Crippen LogP contribution is -2.72. The normalized spacial score (nSPS) is 28.4. The fraction of sp³-hybridized carbons (Fsp3) is 0.529. The predicted octanol–water partition coefficient (Wildman–Crippen LogP) is 2.05. The van der Waals surface area contributed by atoms with Gasteiger partial charge in [0.15, 0.2) is 0 Å². The number of hydrogen-bond acceptors (Lipinski definition) is 2. The van der Waals surface area contributed by atoms with Crippen molar-refractivity contribution in [2.24, 2.45) is 5.92 Å². The third kappa shape index (κ3) is 2.23. The van der Waals surface area contributed by atoms with Gasteiger partial charge < -0.3 is 10.2 Å². The number of hydrogen-bond donors (Lipinski definition) is 1. The Kier molecular flexibility index (Phi) is 3.08. The van der Waals surface area contributed by atoms with Crippen LogP contribution in [0.25, 0.3) is 0 Å². The molecule has 1 atom stereocenters. The molecule has 1 aliphatic carbocycles. The fourth-order valence-corrected chi connectivity index (χ4v) is 3.00. The first-order valence-corrected chi connectivity index (χ1v) is 7.56. The van der Waals surface area contributed by atoms with Gasteiger partial charge in [0.25, 0.3) is 5.91 Å². The Balaban J connectivity index is 2.06. The summed E-state index contributed by atoms with van der Waals surface area (Å²) in [5.74, 6) is 0.443. The SMILES string of the molecule is CC1(C)NC(=O)C(C)(c2ccccc2)N(CC2CC2)C1=O. The number of amides is 2. The number of benzene rings is 1. The van der Waals surface area contributed by atoms with Crippen LogP contribution in [0.1, 0.15) is 39.2 Å². The van der Waals surface area contributed by atoms with Gasteiger partial charge >= 0.3 is 0 Å². The van der Waals surface area contributed by atoms with Crippen molar-refractivity contribution in [3.8, 4) is 0 Å². The molecule has 21 heavy (non-hydrogen) atoms. The van der Waals surface area contributed by atoms with Gasteiger partial charge in [0, 0.05) is 6.54 Å². The molecule has 1 saturated heterocycles. The van der Waals surface area contributed by atoms with Crippen LogP contribution >= 0.6 is 0 Å². The highest BCUT2D eigenvalue weighted by Crippen LogP contribution is 2.39. The van der Waals surface area contributed by atoms with E-state index in [0.717, 1.165) is 18.4 Å². The summed E-state index contributed by atoms with van der Waals surface area (Å²) in [6.45, 7) is 6.07. The molecule has 0 aromatic heterocycles. The fourth-order valence-electron chi connectivity index (χ4n) is 3.00. The Morgan fingerprint density at radius 2 is 1.76 bits per heavy atom. The standard InChI is InChI=1S/C17H22N2O2/c1-16(2)15(21)19(11-12-9-10-12)17(3,14(20)18-16)13-7-5-4-6-8-13/h4-8,12H,9-11H2,1-3H3,(H,18,20). The van der Waals surface area contributed by atoms with E-state index in [0.29, 0.717) is 12.5 Å². The highest BCUT2D eigenvalue weighted by atomic mass is 16.2. The Morgan fingerprint density at radius 3 is 2.33 bits per heavy atom. The zero-order valence-electron chi connectivity index (χ0n) is 12.8. The van der Waals surface area contributed by atoms with Crippen molar-refractivity contribution in [2.45, 2.75) is 44.7 Å². The monoisotopic (exact) mass is 286 g/mol. The highest BCUT2D eigenvalue weighted by Gasteiger charge is 2.54. The van der Waals surface area contributed by atoms with Gasteiger partial charge in [-0.3, -0.25) is 9.59 Å². The van der Waals surface area contributed by atoms with E-state index < -0.39 is 11.1 Å². The van der Waals surface area contributed by atoms with Gasteiger partial charge in [0.1, 0.15) is 11.1 Å². The molecule has 1 aliphatic heterocycles. The van der Waals surface area contributed by atoms with Gasteiger partial charge in [0.2, 0.25) is 5.91 Å². The molecule has 1 unspecified atom stereocenters. The number of piperazine rings is 1. The molecule has 1 aromatic carbocycles. The summed E-state index contributed by atoms with van der Waals surface area (Å²) in [5.41, 5.74) is -0.886. The smallest absolute Gasteiger partial charge is 0.251 e. The van der Waals surface area contributed by atoms with Gasteiger partial charge in [-0.25, -0.2) is 0 Å². The Morgan fingerprint density at radius 1 is 1.14 bits per heavy atom. The summed E-state index contributed by atoms with van der Waals surface area (Å²) in [4.78, 5) is 27.4. The van der Waals surface area contributed by atoms with Crippen LogP contribution in [0.3, 0.4) is 0 Å². The number of nitrogens with zero attached hydrogens (tertiary/aromatic N) is 1. The van der Waals surface area contributed by atoms with Crippen LogP contribution in [0.2, 0.25) is 0 Å². The summed E-state index contributed by atoms with van der Waals surface area (Å²) in [7, 11) is 0. The molecule has 2 aliphatic rings. The topological polar surface area (TPSA) is 49.4 Å². The van der Waals surface area contributed by atoms with Crippen molar-refractivity contribution in [2.75, 3.05) is 6.54 Å². The van der Waals surface area contributed by atoms with Crippen molar-refractivity contribution >= 4 is 11.8 Å². The lowest BCUT2D eigenvalue weighted by Gasteiger charge is -2.49. The third-order valence-corrected chi connectivity index (χ3v) is 4.66. The second kappa shape index (κ2) is 4.58. The van der Waals surface area contributed by atoms with Crippen LogP contribution < -0.4 is 5.32 Å². The summed E-state index contributed by atoms with van der Waals surface area (Å²) < 4.78 is 0. The molecule has 0 bridgehead atoms. The Labute approximate surface area is 125 Å². The number of rotatable bonds is 3. The summed E-state index contributed by atoms with van der Waals surface area (Å²) in [6.07, 6.45) is 2.30. The van der Waals surface area contributed by atoms with Crippen LogP contribution in [-0.4, -0.2) is 28.8 Å². The number of nitrogens with one attached hydrogen (secondary N) is 1. The van der Waals surface area contributed by atoms with E-state index in [2.05, 4.69) is 5.32 Å². The second-order valence-corrected chi connectivity index (χ2v) is 6.88. The van der Waals surface area contributed by atoms with E-state index in [1.807, 2.05) is 37.3 Å². The molecule has 4 nitrogen and oxygen atoms in total. The van der Waals surface area contributed by atoms with Crippen molar-refractivity contribution < 1.29 is 9.59 Å². The minimum atomic E-state index is -0.920. The molecule has 2 amide bonds. The van der Waals surface area contributed by atoms with Gasteiger partial charge in [0.05, 0.1) is 0 Å². The molecular formula is C17H22N2O2. The van der Waals surface area contributed by atoms with Gasteiger partial charge in [-0.05, 0) is 45.1 Å². The van der Waals surface area contributed by atoms with Crippen LogP contribution in [0.4, 0.5) is 0 Å². The first kappa shape index (κ1) is 14.1. The largest absolute Gasteiger partial charge is 0.340 e. The average Bonchev–Trinajstić information content (AvgIpc) is 3.26. The van der Waals surface area contributed by atoms with Crippen molar-refractivity contribution in [3.63, 3.8) is 0 Å². The van der Waals surface area contributed by atoms with Crippen LogP contribution in [0.15, 0.2) is 30.3 Å². The van der Waals surface area contributed by atoms with Gasteiger partial charge in [-0.1, -0.05) is 30.3 Å². The molecule has 1 N–H and O–H groups in total. The van der Waals surface area contributed by atoms with E-state index in [4.69, 9.17) is 0 Å². The summed E-state index contributed by atoms with van der Waals surface area (Å²) in [6, 6.07) is 9.58. The van der Waals surface area contributed by atoms with E-state index in [-0.39, 0.29) is 11.8 Å². The van der Waals surface area contributed by atoms with Crippen molar-refractivity contribution in [1.82, 2.24) is 10.2 Å². The molecule has 1 saturated carbocycles. The van der Waals surface area contributed by atoms with Crippen molar-refractivity contribution in [1.29, 1.82) is 0 Å². The maximum absolute atomic E-state index is 12.9. The molecular weight excluding hydrogens is 264 g/mol.